The highest BCUT2D eigenvalue weighted by Gasteiger charge is 2.49. The van der Waals surface area contributed by atoms with Crippen LogP contribution in [-0.2, 0) is 10.2 Å². The van der Waals surface area contributed by atoms with Gasteiger partial charge in [0.05, 0.1) is 0 Å². The van der Waals surface area contributed by atoms with E-state index in [1.54, 1.807) is 12.1 Å². The number of alkyl halides is 3. The van der Waals surface area contributed by atoms with Crippen molar-refractivity contribution in [3.05, 3.63) is 114 Å². The first-order valence-electron chi connectivity index (χ1n) is 15.1. The van der Waals surface area contributed by atoms with Crippen LogP contribution >= 0.6 is 0 Å². The summed E-state index contributed by atoms with van der Waals surface area (Å²) in [5.74, 6) is -0.829. The molecule has 1 aliphatic carbocycles. The van der Waals surface area contributed by atoms with Crippen molar-refractivity contribution >= 4 is 11.6 Å². The predicted octanol–water partition coefficient (Wildman–Crippen LogP) is 7.43. The second-order valence-corrected chi connectivity index (χ2v) is 11.6. The fourth-order valence-corrected chi connectivity index (χ4v) is 6.79. The van der Waals surface area contributed by atoms with Crippen molar-refractivity contribution in [1.29, 1.82) is 0 Å². The topological polar surface area (TPSA) is 35.6 Å². The Kier molecular flexibility index (Phi) is 8.45. The molecule has 2 aliphatic rings. The van der Waals surface area contributed by atoms with Crippen molar-refractivity contribution in [2.75, 3.05) is 44.2 Å². The van der Waals surface area contributed by atoms with Gasteiger partial charge in [-0.25, -0.2) is 4.39 Å². The fourth-order valence-electron chi connectivity index (χ4n) is 6.79. The van der Waals surface area contributed by atoms with Crippen LogP contribution in [0.5, 0.6) is 0 Å². The minimum Gasteiger partial charge on any atom is -0.369 e. The van der Waals surface area contributed by atoms with Crippen LogP contribution in [0.15, 0.2) is 97.1 Å². The van der Waals surface area contributed by atoms with Crippen LogP contribution in [0.3, 0.4) is 0 Å². The molecular weight excluding hydrogens is 566 g/mol. The highest BCUT2D eigenvalue weighted by atomic mass is 19.4. The molecule has 0 bridgehead atoms. The first-order chi connectivity index (χ1) is 21.3. The first kappa shape index (κ1) is 29.9. The van der Waals surface area contributed by atoms with Gasteiger partial charge >= 0.3 is 6.18 Å². The molecule has 228 valence electrons. The number of hydrogen-bond donors (Lipinski definition) is 1. The van der Waals surface area contributed by atoms with Gasteiger partial charge in [-0.15, -0.1) is 0 Å². The largest absolute Gasteiger partial charge is 0.405 e. The van der Waals surface area contributed by atoms with Gasteiger partial charge < -0.3 is 10.2 Å². The monoisotopic (exact) mass is 601 g/mol. The number of fused-ring (bicyclic) bond motifs is 3. The van der Waals surface area contributed by atoms with Gasteiger partial charge in [-0.3, -0.25) is 9.69 Å². The highest BCUT2D eigenvalue weighted by Crippen LogP contribution is 2.51. The second kappa shape index (κ2) is 12.4. The van der Waals surface area contributed by atoms with E-state index in [1.807, 2.05) is 78.9 Å². The van der Waals surface area contributed by atoms with Crippen molar-refractivity contribution in [3.8, 4) is 22.3 Å². The third-order valence-electron chi connectivity index (χ3n) is 8.97. The van der Waals surface area contributed by atoms with Gasteiger partial charge in [-0.05, 0) is 65.4 Å². The van der Waals surface area contributed by atoms with Gasteiger partial charge in [-0.1, -0.05) is 85.3 Å². The number of carbonyl (C=O) groups excluding carboxylic acids is 1. The van der Waals surface area contributed by atoms with E-state index in [2.05, 4.69) is 15.1 Å². The summed E-state index contributed by atoms with van der Waals surface area (Å²) in [6.45, 7) is 3.00. The molecule has 4 nitrogen and oxygen atoms in total. The average Bonchev–Trinajstić information content (AvgIpc) is 3.33. The minimum absolute atomic E-state index is 0.233. The SMILES string of the molecule is O=C(NCC(F)(F)F)C1(CCCCN2CCN(c3ccc(-c4ccccc4F)cc3)CC2)c2ccccc2-c2ccccc21. The van der Waals surface area contributed by atoms with Gasteiger partial charge in [0.1, 0.15) is 17.8 Å². The van der Waals surface area contributed by atoms with Crippen LogP contribution in [-0.4, -0.2) is 56.3 Å². The molecule has 0 spiro atoms. The lowest BCUT2D eigenvalue weighted by Crippen LogP contribution is -2.47. The van der Waals surface area contributed by atoms with E-state index in [-0.39, 0.29) is 5.82 Å². The van der Waals surface area contributed by atoms with Crippen molar-refractivity contribution < 1.29 is 22.4 Å². The van der Waals surface area contributed by atoms with Crippen LogP contribution in [0.1, 0.15) is 30.4 Å². The molecule has 1 heterocycles. The summed E-state index contributed by atoms with van der Waals surface area (Å²) < 4.78 is 53.6. The van der Waals surface area contributed by atoms with Crippen LogP contribution in [0.2, 0.25) is 0 Å². The summed E-state index contributed by atoms with van der Waals surface area (Å²) >= 11 is 0. The molecule has 0 atom stereocenters. The van der Waals surface area contributed by atoms with E-state index in [9.17, 15) is 22.4 Å². The lowest BCUT2D eigenvalue weighted by Gasteiger charge is -2.36. The fraction of sp³-hybridized carbons (Fsp3) is 0.306. The predicted molar refractivity (Wildman–Crippen MR) is 166 cm³/mol. The molecule has 0 saturated carbocycles. The number of anilines is 1. The number of amides is 1. The van der Waals surface area contributed by atoms with Crippen LogP contribution in [0.4, 0.5) is 23.2 Å². The number of nitrogens with zero attached hydrogens (tertiary/aromatic N) is 2. The van der Waals surface area contributed by atoms with Crippen molar-refractivity contribution in [2.45, 2.75) is 30.9 Å². The number of halogens is 4. The maximum Gasteiger partial charge on any atom is 0.405 e. The number of benzene rings is 4. The van der Waals surface area contributed by atoms with Crippen LogP contribution in [0, 0.1) is 5.82 Å². The van der Waals surface area contributed by atoms with Gasteiger partial charge in [0.2, 0.25) is 5.91 Å². The lowest BCUT2D eigenvalue weighted by molar-refractivity contribution is -0.141. The molecule has 4 aromatic rings. The molecule has 44 heavy (non-hydrogen) atoms. The Hall–Kier alpha value is -4.17. The molecule has 0 radical (unpaired) electrons. The van der Waals surface area contributed by atoms with Gasteiger partial charge in [0.15, 0.2) is 0 Å². The molecule has 4 aromatic carbocycles. The van der Waals surface area contributed by atoms with Crippen molar-refractivity contribution in [1.82, 2.24) is 10.2 Å². The van der Waals surface area contributed by atoms with Gasteiger partial charge in [0.25, 0.3) is 0 Å². The van der Waals surface area contributed by atoms with Crippen LogP contribution < -0.4 is 10.2 Å². The van der Waals surface area contributed by atoms with E-state index in [0.717, 1.165) is 72.6 Å². The minimum atomic E-state index is -4.49. The van der Waals surface area contributed by atoms with E-state index in [1.165, 1.54) is 6.07 Å². The third-order valence-corrected chi connectivity index (χ3v) is 8.97. The standard InChI is InChI=1S/C36H35F4N3O/c37-33-14-6-3-9-28(33)26-15-17-27(18-16-26)43-23-21-42(22-24-43)20-8-7-19-35(34(44)41-25-36(38,39)40)31-12-4-1-10-29(31)30-11-2-5-13-32(30)35/h1-6,9-18H,7-8,19-25H2,(H,41,44). The summed E-state index contributed by atoms with van der Waals surface area (Å²) in [4.78, 5) is 18.4. The van der Waals surface area contributed by atoms with Gasteiger partial charge in [0, 0.05) is 37.4 Å². The Morgan fingerprint density at radius 2 is 1.30 bits per heavy atom. The Morgan fingerprint density at radius 1 is 0.727 bits per heavy atom. The van der Waals surface area contributed by atoms with E-state index in [0.29, 0.717) is 18.4 Å². The second-order valence-electron chi connectivity index (χ2n) is 11.6. The Balaban J connectivity index is 1.08. The molecule has 6 rings (SSSR count). The third kappa shape index (κ3) is 5.95. The molecular formula is C36H35F4N3O. The van der Waals surface area contributed by atoms with Gasteiger partial charge in [-0.2, -0.15) is 13.2 Å². The van der Waals surface area contributed by atoms with E-state index in [4.69, 9.17) is 0 Å². The number of rotatable bonds is 9. The van der Waals surface area contributed by atoms with E-state index >= 15 is 0 Å². The smallest absolute Gasteiger partial charge is 0.369 e. The summed E-state index contributed by atoms with van der Waals surface area (Å²) in [6, 6.07) is 29.9. The average molecular weight is 602 g/mol. The highest BCUT2D eigenvalue weighted by molar-refractivity contribution is 6.00. The quantitative estimate of drug-likeness (QED) is 0.160. The lowest BCUT2D eigenvalue weighted by atomic mass is 9.73. The van der Waals surface area contributed by atoms with Crippen molar-refractivity contribution in [2.24, 2.45) is 0 Å². The number of piperazine rings is 1. The molecule has 1 aliphatic heterocycles. The zero-order valence-corrected chi connectivity index (χ0v) is 24.4. The molecule has 1 amide bonds. The summed E-state index contributed by atoms with van der Waals surface area (Å²) in [6.07, 6.45) is -2.53. The Morgan fingerprint density at radius 3 is 1.89 bits per heavy atom. The Labute approximate surface area is 255 Å². The molecule has 1 N–H and O–H groups in total. The number of unbranched alkanes of at least 4 members (excludes halogenated alkanes) is 1. The summed E-state index contributed by atoms with van der Waals surface area (Å²) in [5.41, 5.74) is 4.75. The summed E-state index contributed by atoms with van der Waals surface area (Å²) in [5, 5.41) is 2.21. The number of hydrogen-bond acceptors (Lipinski definition) is 3. The zero-order valence-electron chi connectivity index (χ0n) is 24.4. The Bertz CT molecular complexity index is 1560. The molecule has 8 heteroatoms. The molecule has 1 fully saturated rings. The maximum atomic E-state index is 14.2. The van der Waals surface area contributed by atoms with Crippen LogP contribution in [0.25, 0.3) is 22.3 Å². The normalized spacial score (nSPS) is 16.0. The first-order valence-corrected chi connectivity index (χ1v) is 15.1. The molecule has 1 saturated heterocycles. The summed E-state index contributed by atoms with van der Waals surface area (Å²) in [7, 11) is 0. The van der Waals surface area contributed by atoms with E-state index < -0.39 is 24.0 Å². The zero-order chi connectivity index (χ0) is 30.7. The van der Waals surface area contributed by atoms with Crippen molar-refractivity contribution in [3.63, 3.8) is 0 Å². The maximum absolute atomic E-state index is 14.2. The molecule has 0 aromatic heterocycles. The number of carbonyl (C=O) groups is 1. The molecule has 0 unspecified atom stereocenters. The number of nitrogens with one attached hydrogen (secondary N) is 1.